The van der Waals surface area contributed by atoms with Crippen molar-refractivity contribution in [3.8, 4) is 0 Å². The molecule has 3 rings (SSSR count). The fraction of sp³-hybridized carbons (Fsp3) is 1.00. The van der Waals surface area contributed by atoms with Gasteiger partial charge >= 0.3 is 0 Å². The Balaban J connectivity index is 1.61. The van der Waals surface area contributed by atoms with Crippen LogP contribution in [0.1, 0.15) is 39.0 Å². The number of nitrogens with zero attached hydrogens (tertiary/aromatic N) is 2. The average molecular weight is 237 g/mol. The Labute approximate surface area is 106 Å². The van der Waals surface area contributed by atoms with Gasteiger partial charge in [-0.05, 0) is 46.1 Å². The molecular formula is C14H27N3. The van der Waals surface area contributed by atoms with Crippen molar-refractivity contribution in [3.05, 3.63) is 0 Å². The first-order chi connectivity index (χ1) is 8.24. The van der Waals surface area contributed by atoms with E-state index >= 15 is 0 Å². The van der Waals surface area contributed by atoms with Crippen molar-refractivity contribution in [3.63, 3.8) is 0 Å². The van der Waals surface area contributed by atoms with Crippen LogP contribution in [0.15, 0.2) is 0 Å². The number of likely N-dealkylation sites (N-methyl/N-ethyl adjacent to an activating group) is 1. The molecule has 3 saturated heterocycles. The van der Waals surface area contributed by atoms with Gasteiger partial charge in [0.15, 0.2) is 0 Å². The van der Waals surface area contributed by atoms with Crippen molar-refractivity contribution in [1.82, 2.24) is 15.1 Å². The minimum atomic E-state index is 0.734. The lowest BCUT2D eigenvalue weighted by Gasteiger charge is -2.37. The van der Waals surface area contributed by atoms with Gasteiger partial charge in [0.25, 0.3) is 0 Å². The van der Waals surface area contributed by atoms with Crippen molar-refractivity contribution in [1.29, 1.82) is 0 Å². The average Bonchev–Trinajstić information content (AvgIpc) is 2.55. The Morgan fingerprint density at radius 2 is 1.71 bits per heavy atom. The second-order valence-corrected chi connectivity index (χ2v) is 6.37. The molecule has 17 heavy (non-hydrogen) atoms. The Morgan fingerprint density at radius 3 is 2.47 bits per heavy atom. The molecule has 0 spiro atoms. The van der Waals surface area contributed by atoms with Crippen LogP contribution >= 0.6 is 0 Å². The lowest BCUT2D eigenvalue weighted by atomic mass is 9.99. The summed E-state index contributed by atoms with van der Waals surface area (Å²) in [4.78, 5) is 5.43. The number of piperidine rings is 1. The highest BCUT2D eigenvalue weighted by molar-refractivity contribution is 4.94. The summed E-state index contributed by atoms with van der Waals surface area (Å²) in [6.07, 6.45) is 7.00. The smallest absolute Gasteiger partial charge is 0.0223 e. The SMILES string of the molecule is CC1CCC(N2CCC3CCC(C2)N3C)CN1. The highest BCUT2D eigenvalue weighted by Crippen LogP contribution is 2.30. The third kappa shape index (κ3) is 2.38. The van der Waals surface area contributed by atoms with Crippen molar-refractivity contribution < 1.29 is 0 Å². The zero-order chi connectivity index (χ0) is 11.8. The summed E-state index contributed by atoms with van der Waals surface area (Å²) in [6, 6.07) is 3.25. The molecule has 4 atom stereocenters. The van der Waals surface area contributed by atoms with E-state index in [-0.39, 0.29) is 0 Å². The minimum Gasteiger partial charge on any atom is -0.313 e. The molecule has 3 heteroatoms. The summed E-state index contributed by atoms with van der Waals surface area (Å²) in [5, 5.41) is 3.65. The third-order valence-corrected chi connectivity index (χ3v) is 5.33. The van der Waals surface area contributed by atoms with Gasteiger partial charge in [-0.2, -0.15) is 0 Å². The molecule has 1 N–H and O–H groups in total. The van der Waals surface area contributed by atoms with Crippen LogP contribution in [0, 0.1) is 0 Å². The van der Waals surface area contributed by atoms with Gasteiger partial charge in [-0.25, -0.2) is 0 Å². The summed E-state index contributed by atoms with van der Waals surface area (Å²) in [7, 11) is 2.34. The standard InChI is InChI=1S/C14H27N3/c1-11-3-4-13(9-15-11)17-8-7-12-5-6-14(10-17)16(12)2/h11-15H,3-10H2,1-2H3. The zero-order valence-corrected chi connectivity index (χ0v) is 11.4. The Morgan fingerprint density at radius 1 is 0.941 bits per heavy atom. The number of hydrogen-bond acceptors (Lipinski definition) is 3. The van der Waals surface area contributed by atoms with E-state index in [4.69, 9.17) is 0 Å². The maximum Gasteiger partial charge on any atom is 0.0223 e. The highest BCUT2D eigenvalue weighted by Gasteiger charge is 2.36. The maximum absolute atomic E-state index is 3.65. The van der Waals surface area contributed by atoms with Gasteiger partial charge in [-0.15, -0.1) is 0 Å². The van der Waals surface area contributed by atoms with E-state index in [1.165, 1.54) is 51.7 Å². The molecule has 3 fully saturated rings. The van der Waals surface area contributed by atoms with Crippen LogP contribution in [0.5, 0.6) is 0 Å². The molecule has 0 radical (unpaired) electrons. The number of rotatable bonds is 1. The number of nitrogens with one attached hydrogen (secondary N) is 1. The van der Waals surface area contributed by atoms with E-state index in [1.807, 2.05) is 0 Å². The Kier molecular flexibility index (Phi) is 3.42. The van der Waals surface area contributed by atoms with E-state index in [0.717, 1.165) is 24.2 Å². The van der Waals surface area contributed by atoms with Gasteiger partial charge in [-0.1, -0.05) is 0 Å². The van der Waals surface area contributed by atoms with Crippen molar-refractivity contribution in [2.75, 3.05) is 26.7 Å². The van der Waals surface area contributed by atoms with Crippen molar-refractivity contribution in [2.45, 2.75) is 63.2 Å². The normalized spacial score (nSPS) is 44.8. The number of hydrogen-bond donors (Lipinski definition) is 1. The van der Waals surface area contributed by atoms with Crippen molar-refractivity contribution >= 4 is 0 Å². The maximum atomic E-state index is 3.65. The topological polar surface area (TPSA) is 18.5 Å². The molecule has 0 amide bonds. The van der Waals surface area contributed by atoms with Crippen LogP contribution in [-0.4, -0.2) is 60.6 Å². The van der Waals surface area contributed by atoms with E-state index in [0.29, 0.717) is 0 Å². The van der Waals surface area contributed by atoms with Gasteiger partial charge in [0.2, 0.25) is 0 Å². The van der Waals surface area contributed by atoms with E-state index in [9.17, 15) is 0 Å². The van der Waals surface area contributed by atoms with Gasteiger partial charge in [0.05, 0.1) is 0 Å². The first-order valence-electron chi connectivity index (χ1n) is 7.43. The molecule has 3 nitrogen and oxygen atoms in total. The summed E-state index contributed by atoms with van der Waals surface area (Å²) >= 11 is 0. The fourth-order valence-corrected chi connectivity index (χ4v) is 3.96. The van der Waals surface area contributed by atoms with Gasteiger partial charge in [-0.3, -0.25) is 9.80 Å². The molecule has 0 aromatic heterocycles. The fourth-order valence-electron chi connectivity index (χ4n) is 3.96. The predicted octanol–water partition coefficient (Wildman–Crippen LogP) is 1.30. The second-order valence-electron chi connectivity index (χ2n) is 6.37. The quantitative estimate of drug-likeness (QED) is 0.741. The molecule has 0 aromatic rings. The second kappa shape index (κ2) is 4.87. The summed E-state index contributed by atoms with van der Waals surface area (Å²) in [5.74, 6) is 0. The van der Waals surface area contributed by atoms with Gasteiger partial charge < -0.3 is 5.32 Å². The molecule has 3 heterocycles. The van der Waals surface area contributed by atoms with Gasteiger partial charge in [0, 0.05) is 43.8 Å². The van der Waals surface area contributed by atoms with Crippen LogP contribution in [0.2, 0.25) is 0 Å². The monoisotopic (exact) mass is 237 g/mol. The molecule has 0 aliphatic carbocycles. The third-order valence-electron chi connectivity index (χ3n) is 5.33. The summed E-state index contributed by atoms with van der Waals surface area (Å²) in [5.41, 5.74) is 0. The molecular weight excluding hydrogens is 210 g/mol. The molecule has 98 valence electrons. The highest BCUT2D eigenvalue weighted by atomic mass is 15.3. The molecule has 2 bridgehead atoms. The Hall–Kier alpha value is -0.120. The largest absolute Gasteiger partial charge is 0.313 e. The predicted molar refractivity (Wildman–Crippen MR) is 71.2 cm³/mol. The van der Waals surface area contributed by atoms with Gasteiger partial charge in [0.1, 0.15) is 0 Å². The van der Waals surface area contributed by atoms with E-state index in [2.05, 4.69) is 29.1 Å². The summed E-state index contributed by atoms with van der Waals surface area (Å²) in [6.45, 7) is 6.16. The van der Waals surface area contributed by atoms with E-state index < -0.39 is 0 Å². The number of fused-ring (bicyclic) bond motifs is 2. The van der Waals surface area contributed by atoms with Crippen LogP contribution in [-0.2, 0) is 0 Å². The lowest BCUT2D eigenvalue weighted by molar-refractivity contribution is 0.139. The molecule has 3 aliphatic heterocycles. The van der Waals surface area contributed by atoms with Crippen LogP contribution in [0.25, 0.3) is 0 Å². The van der Waals surface area contributed by atoms with Crippen LogP contribution in [0.3, 0.4) is 0 Å². The molecule has 3 aliphatic rings. The zero-order valence-electron chi connectivity index (χ0n) is 11.4. The molecule has 4 unspecified atom stereocenters. The Bertz CT molecular complexity index is 260. The number of likely N-dealkylation sites (tertiary alicyclic amines) is 1. The van der Waals surface area contributed by atoms with Crippen molar-refractivity contribution in [2.24, 2.45) is 0 Å². The molecule has 0 saturated carbocycles. The summed E-state index contributed by atoms with van der Waals surface area (Å²) < 4.78 is 0. The van der Waals surface area contributed by atoms with E-state index in [1.54, 1.807) is 0 Å². The van der Waals surface area contributed by atoms with Crippen LogP contribution in [0.4, 0.5) is 0 Å². The van der Waals surface area contributed by atoms with Crippen LogP contribution < -0.4 is 5.32 Å². The lowest BCUT2D eigenvalue weighted by Crippen LogP contribution is -2.51. The first kappa shape index (κ1) is 11.9. The molecule has 0 aromatic carbocycles. The minimum absolute atomic E-state index is 0.734. The first-order valence-corrected chi connectivity index (χ1v) is 7.43.